The zero-order chi connectivity index (χ0) is 29.7. The highest BCUT2D eigenvalue weighted by Crippen LogP contribution is 2.40. The number of benzene rings is 3. The first-order valence-electron chi connectivity index (χ1n) is 15.5. The van der Waals surface area contributed by atoms with Crippen molar-refractivity contribution in [3.8, 4) is 22.3 Å². The Labute approximate surface area is 250 Å². The van der Waals surface area contributed by atoms with Crippen molar-refractivity contribution in [1.82, 2.24) is 4.90 Å². The van der Waals surface area contributed by atoms with Crippen LogP contribution in [0.3, 0.4) is 0 Å². The van der Waals surface area contributed by atoms with Crippen molar-refractivity contribution in [2.24, 2.45) is 5.92 Å². The zero-order valence-electron chi connectivity index (χ0n) is 24.8. The summed E-state index contributed by atoms with van der Waals surface area (Å²) in [7, 11) is 0. The quantitative estimate of drug-likeness (QED) is 0.219. The van der Waals surface area contributed by atoms with E-state index in [9.17, 15) is 14.7 Å². The fourth-order valence-corrected chi connectivity index (χ4v) is 7.37. The van der Waals surface area contributed by atoms with E-state index in [0.29, 0.717) is 42.7 Å². The molecule has 6 nitrogen and oxygen atoms in total. The summed E-state index contributed by atoms with van der Waals surface area (Å²) in [6, 6.07) is 20.8. The Kier molecular flexibility index (Phi) is 6.97. The van der Waals surface area contributed by atoms with Crippen molar-refractivity contribution in [2.45, 2.75) is 64.4 Å². The fourth-order valence-electron chi connectivity index (χ4n) is 7.37. The number of fused-ring (bicyclic) bond motifs is 3. The van der Waals surface area contributed by atoms with E-state index >= 15 is 0 Å². The molecule has 5 aromatic rings. The number of amides is 1. The number of hydrogen-bond donors (Lipinski definition) is 1. The standard InChI is InChI=1S/C37H37NO5/c1-23-29(15-16-33(39)38-19-18-37(41)17-7-6-10-28(37)21-38)36(40)43-35-24(2)34-31(20-30(23)35)32(22-42-34)27-13-11-26(12-14-27)25-8-4-3-5-9-25/h3-5,8-9,11-14,20,22,28,41H,6-7,10,15-19,21H2,1-2H3/t28-,37-/m0/s1. The van der Waals surface area contributed by atoms with Gasteiger partial charge in [-0.25, -0.2) is 4.79 Å². The van der Waals surface area contributed by atoms with Crippen molar-refractivity contribution in [1.29, 1.82) is 0 Å². The summed E-state index contributed by atoms with van der Waals surface area (Å²) in [6.07, 6.45) is 6.94. The number of likely N-dealkylation sites (tertiary alicyclic amines) is 1. The van der Waals surface area contributed by atoms with E-state index in [1.54, 1.807) is 6.26 Å². The van der Waals surface area contributed by atoms with Crippen LogP contribution in [0.5, 0.6) is 0 Å². The van der Waals surface area contributed by atoms with Gasteiger partial charge in [0.15, 0.2) is 0 Å². The summed E-state index contributed by atoms with van der Waals surface area (Å²) < 4.78 is 11.9. The number of rotatable bonds is 5. The van der Waals surface area contributed by atoms with Gasteiger partial charge >= 0.3 is 5.63 Å². The summed E-state index contributed by atoms with van der Waals surface area (Å²) in [5.74, 6) is 0.185. The molecule has 43 heavy (non-hydrogen) atoms. The third-order valence-electron chi connectivity index (χ3n) is 10.0. The van der Waals surface area contributed by atoms with Crippen LogP contribution in [-0.2, 0) is 11.2 Å². The monoisotopic (exact) mass is 575 g/mol. The summed E-state index contributed by atoms with van der Waals surface area (Å²) in [6.45, 7) is 5.05. The van der Waals surface area contributed by atoms with Crippen molar-refractivity contribution in [3.63, 3.8) is 0 Å². The lowest BCUT2D eigenvalue weighted by atomic mass is 9.71. The summed E-state index contributed by atoms with van der Waals surface area (Å²) >= 11 is 0. The lowest BCUT2D eigenvalue weighted by molar-refractivity contribution is -0.143. The Morgan fingerprint density at radius 2 is 1.67 bits per heavy atom. The molecule has 1 aliphatic carbocycles. The minimum absolute atomic E-state index is 0.0363. The maximum Gasteiger partial charge on any atom is 0.339 e. The minimum atomic E-state index is -0.621. The second-order valence-corrected chi connectivity index (χ2v) is 12.5. The molecule has 0 spiro atoms. The number of aryl methyl sites for hydroxylation is 2. The predicted octanol–water partition coefficient (Wildman–Crippen LogP) is 7.58. The molecule has 1 aliphatic heterocycles. The predicted molar refractivity (Wildman–Crippen MR) is 169 cm³/mol. The fraction of sp³-hybridized carbons (Fsp3) is 0.351. The van der Waals surface area contributed by atoms with Gasteiger partial charge in [-0.3, -0.25) is 4.79 Å². The molecule has 3 aromatic carbocycles. The maximum absolute atomic E-state index is 13.2. The van der Waals surface area contributed by atoms with Gasteiger partial charge in [-0.05, 0) is 67.9 Å². The van der Waals surface area contributed by atoms with Gasteiger partial charge in [-0.1, -0.05) is 67.4 Å². The molecule has 0 unspecified atom stereocenters. The number of piperidine rings is 1. The van der Waals surface area contributed by atoms with Gasteiger partial charge in [0.1, 0.15) is 11.2 Å². The molecular formula is C37H37NO5. The van der Waals surface area contributed by atoms with Gasteiger partial charge in [0.05, 0.1) is 11.9 Å². The molecule has 1 saturated carbocycles. The van der Waals surface area contributed by atoms with E-state index in [2.05, 4.69) is 42.5 Å². The second kappa shape index (κ2) is 10.8. The summed E-state index contributed by atoms with van der Waals surface area (Å²) in [4.78, 5) is 28.3. The molecule has 2 fully saturated rings. The largest absolute Gasteiger partial charge is 0.463 e. The lowest BCUT2D eigenvalue weighted by Gasteiger charge is -2.47. The van der Waals surface area contributed by atoms with Crippen LogP contribution in [0.15, 0.2) is 80.6 Å². The molecule has 2 aliphatic rings. The van der Waals surface area contributed by atoms with Crippen LogP contribution in [0, 0.1) is 19.8 Å². The third-order valence-corrected chi connectivity index (χ3v) is 10.0. The highest BCUT2D eigenvalue weighted by molar-refractivity contribution is 6.05. The summed E-state index contributed by atoms with van der Waals surface area (Å²) in [5, 5.41) is 12.8. The first-order chi connectivity index (χ1) is 20.8. The van der Waals surface area contributed by atoms with E-state index in [1.807, 2.05) is 36.9 Å². The number of furan rings is 1. The van der Waals surface area contributed by atoms with Crippen molar-refractivity contribution < 1.29 is 18.7 Å². The number of carbonyl (C=O) groups excluding carboxylic acids is 1. The lowest BCUT2D eigenvalue weighted by Crippen LogP contribution is -2.54. The van der Waals surface area contributed by atoms with E-state index in [-0.39, 0.29) is 18.2 Å². The van der Waals surface area contributed by atoms with Gasteiger partial charge in [-0.15, -0.1) is 0 Å². The topological polar surface area (TPSA) is 83.9 Å². The molecule has 2 aromatic heterocycles. The Hall–Kier alpha value is -4.16. The summed E-state index contributed by atoms with van der Waals surface area (Å²) in [5.41, 5.74) is 6.72. The Bertz CT molecular complexity index is 1880. The third kappa shape index (κ3) is 4.88. The van der Waals surface area contributed by atoms with E-state index in [4.69, 9.17) is 8.83 Å². The first kappa shape index (κ1) is 27.7. The van der Waals surface area contributed by atoms with Crippen LogP contribution in [0.4, 0.5) is 0 Å². The van der Waals surface area contributed by atoms with Gasteiger partial charge in [-0.2, -0.15) is 0 Å². The molecule has 0 radical (unpaired) electrons. The van der Waals surface area contributed by atoms with Crippen molar-refractivity contribution in [2.75, 3.05) is 13.1 Å². The molecule has 6 heteroatoms. The molecule has 1 saturated heterocycles. The molecule has 1 amide bonds. The Morgan fingerprint density at radius 1 is 0.930 bits per heavy atom. The minimum Gasteiger partial charge on any atom is -0.463 e. The van der Waals surface area contributed by atoms with E-state index < -0.39 is 11.2 Å². The van der Waals surface area contributed by atoms with Crippen LogP contribution in [0.25, 0.3) is 44.2 Å². The molecule has 2 atom stereocenters. The van der Waals surface area contributed by atoms with Crippen LogP contribution in [0.2, 0.25) is 0 Å². The number of hydrogen-bond acceptors (Lipinski definition) is 5. The van der Waals surface area contributed by atoms with Crippen molar-refractivity contribution in [3.05, 3.63) is 94.0 Å². The van der Waals surface area contributed by atoms with Crippen LogP contribution < -0.4 is 5.63 Å². The van der Waals surface area contributed by atoms with Gasteiger partial charge in [0, 0.05) is 52.9 Å². The van der Waals surface area contributed by atoms with Gasteiger partial charge in [0.25, 0.3) is 0 Å². The number of carbonyl (C=O) groups is 1. The Balaban J connectivity index is 1.17. The van der Waals surface area contributed by atoms with E-state index in [1.165, 1.54) is 5.56 Å². The highest BCUT2D eigenvalue weighted by atomic mass is 16.4. The molecule has 1 N–H and O–H groups in total. The average molecular weight is 576 g/mol. The molecular weight excluding hydrogens is 538 g/mol. The smallest absolute Gasteiger partial charge is 0.339 e. The zero-order valence-corrected chi connectivity index (χ0v) is 24.8. The van der Waals surface area contributed by atoms with E-state index in [0.717, 1.165) is 64.3 Å². The normalized spacial score (nSPS) is 20.4. The SMILES string of the molecule is Cc1c(CCC(=O)N2CC[C@@]3(O)CCCC[C@H]3C2)c(=O)oc2c(C)c3occ(-c4ccc(-c5ccccc5)cc4)c3cc12. The Morgan fingerprint density at radius 3 is 2.47 bits per heavy atom. The molecule has 3 heterocycles. The number of nitrogens with zero attached hydrogens (tertiary/aromatic N) is 1. The molecule has 7 rings (SSSR count). The van der Waals surface area contributed by atoms with Crippen LogP contribution in [-0.4, -0.2) is 34.6 Å². The first-order valence-corrected chi connectivity index (χ1v) is 15.5. The van der Waals surface area contributed by atoms with Crippen LogP contribution in [0.1, 0.15) is 55.2 Å². The number of aliphatic hydroxyl groups is 1. The second-order valence-electron chi connectivity index (χ2n) is 12.5. The van der Waals surface area contributed by atoms with Gasteiger partial charge in [0.2, 0.25) is 5.91 Å². The average Bonchev–Trinajstić information content (AvgIpc) is 3.46. The molecule has 0 bridgehead atoms. The van der Waals surface area contributed by atoms with Crippen molar-refractivity contribution >= 4 is 27.8 Å². The van der Waals surface area contributed by atoms with Gasteiger partial charge < -0.3 is 18.8 Å². The molecule has 220 valence electrons. The maximum atomic E-state index is 13.2. The van der Waals surface area contributed by atoms with Crippen LogP contribution >= 0.6 is 0 Å². The highest BCUT2D eigenvalue weighted by Gasteiger charge is 2.43.